The lowest BCUT2D eigenvalue weighted by Crippen LogP contribution is -2.38. The maximum atomic E-state index is 12.5. The number of nitrogens with one attached hydrogen (secondary N) is 1. The van der Waals surface area contributed by atoms with Crippen LogP contribution < -0.4 is 14.8 Å². The summed E-state index contributed by atoms with van der Waals surface area (Å²) in [7, 11) is 0. The summed E-state index contributed by atoms with van der Waals surface area (Å²) in [5.74, 6) is 1.94. The van der Waals surface area contributed by atoms with Crippen LogP contribution in [0.2, 0.25) is 0 Å². The Morgan fingerprint density at radius 2 is 1.88 bits per heavy atom. The van der Waals surface area contributed by atoms with Gasteiger partial charge in [0, 0.05) is 31.5 Å². The quantitative estimate of drug-likeness (QED) is 0.634. The minimum atomic E-state index is 0.0280. The second-order valence-corrected chi connectivity index (χ2v) is 8.12. The molecule has 0 saturated heterocycles. The number of fused-ring (bicyclic) bond motifs is 2. The van der Waals surface area contributed by atoms with Gasteiger partial charge in [0.1, 0.15) is 0 Å². The third-order valence-electron chi connectivity index (χ3n) is 5.45. The highest BCUT2D eigenvalue weighted by atomic mass is 16.5. The van der Waals surface area contributed by atoms with Crippen LogP contribution in [0.3, 0.4) is 0 Å². The molecular formula is C25H35N3O4. The highest BCUT2D eigenvalue weighted by molar-refractivity contribution is 5.78. The number of ether oxygens (including phenoxy) is 2. The average molecular weight is 442 g/mol. The van der Waals surface area contributed by atoms with Gasteiger partial charge >= 0.3 is 0 Å². The number of aliphatic hydroxyl groups is 1. The molecule has 0 spiro atoms. The fourth-order valence-electron chi connectivity index (χ4n) is 3.72. The van der Waals surface area contributed by atoms with Crippen LogP contribution >= 0.6 is 0 Å². The van der Waals surface area contributed by atoms with E-state index in [1.54, 1.807) is 6.20 Å². The van der Waals surface area contributed by atoms with Crippen LogP contribution in [0.15, 0.2) is 42.6 Å². The largest absolute Gasteiger partial charge is 0.490 e. The molecule has 0 unspecified atom stereocenters. The van der Waals surface area contributed by atoms with Crippen LogP contribution in [-0.4, -0.2) is 53.7 Å². The van der Waals surface area contributed by atoms with Crippen molar-refractivity contribution < 1.29 is 19.4 Å². The van der Waals surface area contributed by atoms with Gasteiger partial charge in [0.2, 0.25) is 11.8 Å². The molecule has 1 aromatic heterocycles. The summed E-state index contributed by atoms with van der Waals surface area (Å²) in [6.07, 6.45) is 8.49. The van der Waals surface area contributed by atoms with Gasteiger partial charge in [-0.3, -0.25) is 9.69 Å². The summed E-state index contributed by atoms with van der Waals surface area (Å²) in [5, 5.41) is 11.9. The van der Waals surface area contributed by atoms with E-state index in [0.717, 1.165) is 62.8 Å². The zero-order valence-electron chi connectivity index (χ0n) is 18.8. The van der Waals surface area contributed by atoms with Crippen molar-refractivity contribution in [2.45, 2.75) is 51.5 Å². The molecule has 3 rings (SSSR count). The molecule has 32 heavy (non-hydrogen) atoms. The molecular weight excluding hydrogens is 406 g/mol. The molecule has 0 bridgehead atoms. The number of carbonyl (C=O) groups excluding carboxylic acids is 1. The van der Waals surface area contributed by atoms with Gasteiger partial charge in [-0.05, 0) is 56.8 Å². The molecule has 7 nitrogen and oxygen atoms in total. The van der Waals surface area contributed by atoms with Gasteiger partial charge in [-0.25, -0.2) is 4.98 Å². The first-order valence-corrected chi connectivity index (χ1v) is 11.7. The highest BCUT2D eigenvalue weighted by Crippen LogP contribution is 2.32. The van der Waals surface area contributed by atoms with Gasteiger partial charge in [0.25, 0.3) is 0 Å². The summed E-state index contributed by atoms with van der Waals surface area (Å²) in [4.78, 5) is 19.2. The monoisotopic (exact) mass is 441 g/mol. The van der Waals surface area contributed by atoms with Crippen molar-refractivity contribution >= 4 is 5.91 Å². The number of pyridine rings is 1. The number of aliphatic hydroxyl groups excluding tert-OH is 1. The van der Waals surface area contributed by atoms with E-state index in [0.29, 0.717) is 37.9 Å². The second-order valence-electron chi connectivity index (χ2n) is 8.12. The zero-order valence-corrected chi connectivity index (χ0v) is 18.8. The lowest BCUT2D eigenvalue weighted by molar-refractivity contribution is -0.122. The van der Waals surface area contributed by atoms with Crippen molar-refractivity contribution in [3.63, 3.8) is 0 Å². The number of unbranched alkanes of at least 4 members (excludes halogenated alkanes) is 2. The summed E-state index contributed by atoms with van der Waals surface area (Å²) >= 11 is 0. The fourth-order valence-corrected chi connectivity index (χ4v) is 3.72. The van der Waals surface area contributed by atoms with E-state index in [1.807, 2.05) is 36.4 Å². The van der Waals surface area contributed by atoms with Crippen LogP contribution in [0, 0.1) is 0 Å². The van der Waals surface area contributed by atoms with Gasteiger partial charge in [-0.15, -0.1) is 0 Å². The van der Waals surface area contributed by atoms with Gasteiger partial charge in [-0.1, -0.05) is 31.0 Å². The number of amides is 1. The third-order valence-corrected chi connectivity index (χ3v) is 5.45. The van der Waals surface area contributed by atoms with Crippen molar-refractivity contribution in [3.05, 3.63) is 48.2 Å². The van der Waals surface area contributed by atoms with E-state index >= 15 is 0 Å². The predicted molar refractivity (Wildman–Crippen MR) is 124 cm³/mol. The van der Waals surface area contributed by atoms with Crippen molar-refractivity contribution in [1.29, 1.82) is 0 Å². The minimum absolute atomic E-state index is 0.0280. The minimum Gasteiger partial charge on any atom is -0.490 e. The summed E-state index contributed by atoms with van der Waals surface area (Å²) in [6.45, 7) is 3.26. The maximum Gasteiger partial charge on any atom is 0.234 e. The van der Waals surface area contributed by atoms with Crippen LogP contribution in [0.4, 0.5) is 0 Å². The molecule has 1 aliphatic rings. The normalized spacial score (nSPS) is 15.4. The summed E-state index contributed by atoms with van der Waals surface area (Å²) < 4.78 is 12.1. The van der Waals surface area contributed by atoms with E-state index < -0.39 is 0 Å². The molecule has 0 atom stereocenters. The fraction of sp³-hybridized carbons (Fsp3) is 0.520. The van der Waals surface area contributed by atoms with Gasteiger partial charge < -0.3 is 19.9 Å². The van der Waals surface area contributed by atoms with Gasteiger partial charge in [0.05, 0.1) is 13.2 Å². The Balaban J connectivity index is 1.69. The molecule has 0 aliphatic carbocycles. The molecule has 0 fully saturated rings. The van der Waals surface area contributed by atoms with Crippen molar-refractivity contribution in [1.82, 2.24) is 15.2 Å². The smallest absolute Gasteiger partial charge is 0.234 e. The van der Waals surface area contributed by atoms with Gasteiger partial charge in [-0.2, -0.15) is 0 Å². The molecule has 1 amide bonds. The van der Waals surface area contributed by atoms with Crippen molar-refractivity contribution in [2.24, 2.45) is 0 Å². The second kappa shape index (κ2) is 13.7. The van der Waals surface area contributed by atoms with Crippen LogP contribution in [0.1, 0.15) is 50.5 Å². The Bertz CT molecular complexity index is 830. The molecule has 174 valence electrons. The van der Waals surface area contributed by atoms with E-state index in [9.17, 15) is 4.79 Å². The van der Waals surface area contributed by atoms with E-state index in [1.165, 1.54) is 0 Å². The Morgan fingerprint density at radius 3 is 2.75 bits per heavy atom. The molecule has 0 radical (unpaired) electrons. The molecule has 2 heterocycles. The molecule has 1 aromatic carbocycles. The topological polar surface area (TPSA) is 83.9 Å². The van der Waals surface area contributed by atoms with Crippen LogP contribution in [0.5, 0.6) is 17.4 Å². The maximum absolute atomic E-state index is 12.5. The van der Waals surface area contributed by atoms with Gasteiger partial charge in [0.15, 0.2) is 11.5 Å². The number of hydrogen-bond acceptors (Lipinski definition) is 6. The first-order valence-electron chi connectivity index (χ1n) is 11.7. The molecule has 1 aliphatic heterocycles. The molecule has 7 heteroatoms. The number of carbonyl (C=O) groups is 1. The third kappa shape index (κ3) is 8.13. The van der Waals surface area contributed by atoms with Crippen molar-refractivity contribution in [2.75, 3.05) is 32.8 Å². The molecule has 2 N–H and O–H groups in total. The van der Waals surface area contributed by atoms with Crippen molar-refractivity contribution in [3.8, 4) is 17.4 Å². The number of rotatable bonds is 7. The first-order chi connectivity index (χ1) is 15.8. The number of para-hydroxylation sites is 2. The van der Waals surface area contributed by atoms with Crippen LogP contribution in [-0.2, 0) is 11.3 Å². The molecule has 2 aromatic rings. The highest BCUT2D eigenvalue weighted by Gasteiger charge is 2.16. The Kier molecular flexibility index (Phi) is 10.3. The summed E-state index contributed by atoms with van der Waals surface area (Å²) in [6, 6.07) is 11.6. The Labute approximate surface area is 190 Å². The lowest BCUT2D eigenvalue weighted by atomic mass is 10.1. The first kappa shape index (κ1) is 24.0. The number of nitrogens with zero attached hydrogens (tertiary/aromatic N) is 2. The zero-order chi connectivity index (χ0) is 22.4. The van der Waals surface area contributed by atoms with E-state index in [-0.39, 0.29) is 12.5 Å². The predicted octanol–water partition coefficient (Wildman–Crippen LogP) is 3.91. The SMILES string of the molecule is O=C(CN1CCCCCCOc2ccccc2Oc2ncccc2C1)NCCCCCO. The average Bonchev–Trinajstić information content (AvgIpc) is 2.80. The number of benzene rings is 1. The Hall–Kier alpha value is -2.64. The number of hydrogen-bond donors (Lipinski definition) is 2. The van der Waals surface area contributed by atoms with E-state index in [4.69, 9.17) is 14.6 Å². The van der Waals surface area contributed by atoms with Crippen LogP contribution in [0.25, 0.3) is 0 Å². The number of aromatic nitrogens is 1. The van der Waals surface area contributed by atoms with E-state index in [2.05, 4.69) is 15.2 Å². The lowest BCUT2D eigenvalue weighted by Gasteiger charge is -2.23. The molecule has 0 saturated carbocycles. The standard InChI is InChI=1S/C25H35N3O4/c29-17-8-3-6-14-26-24(30)20-28-16-7-1-2-9-18-31-22-12-4-5-13-23(22)32-25-21(19-28)11-10-15-27-25/h4-5,10-13,15,29H,1-3,6-9,14,16-20H2,(H,26,30). The Morgan fingerprint density at radius 1 is 1.03 bits per heavy atom. The summed E-state index contributed by atoms with van der Waals surface area (Å²) in [5.41, 5.74) is 0.940.